The van der Waals surface area contributed by atoms with Crippen molar-refractivity contribution < 1.29 is 4.74 Å². The van der Waals surface area contributed by atoms with Gasteiger partial charge in [0.05, 0.1) is 12.2 Å². The van der Waals surface area contributed by atoms with E-state index in [1.54, 1.807) is 0 Å². The maximum Gasteiger partial charge on any atom is 0.0678 e. The van der Waals surface area contributed by atoms with Gasteiger partial charge < -0.3 is 10.1 Å². The smallest absolute Gasteiger partial charge is 0.0678 e. The molecule has 1 aliphatic rings. The van der Waals surface area contributed by atoms with Crippen LogP contribution in [0.5, 0.6) is 0 Å². The van der Waals surface area contributed by atoms with Gasteiger partial charge in [-0.1, -0.05) is 24.3 Å². The minimum atomic E-state index is 0.332. The van der Waals surface area contributed by atoms with E-state index in [0.29, 0.717) is 18.2 Å². The van der Waals surface area contributed by atoms with E-state index < -0.39 is 0 Å². The van der Waals surface area contributed by atoms with Crippen LogP contribution in [0.2, 0.25) is 0 Å². The lowest BCUT2D eigenvalue weighted by atomic mass is 10.0. The van der Waals surface area contributed by atoms with Gasteiger partial charge in [-0.3, -0.25) is 4.90 Å². The summed E-state index contributed by atoms with van der Waals surface area (Å²) >= 11 is 0. The molecule has 19 heavy (non-hydrogen) atoms. The molecular weight excluding hydrogens is 236 g/mol. The Balaban J connectivity index is 2.05. The highest BCUT2D eigenvalue weighted by molar-refractivity contribution is 5.29. The SMILES string of the molecule is CNC(CN1CC(C)OC(C)C1)c1ccccc1C. The molecule has 0 spiro atoms. The Kier molecular flexibility index (Phi) is 4.97. The van der Waals surface area contributed by atoms with Crippen molar-refractivity contribution in [1.29, 1.82) is 0 Å². The number of aryl methyl sites for hydroxylation is 1. The number of rotatable bonds is 4. The molecule has 1 aliphatic heterocycles. The number of benzene rings is 1. The third kappa shape index (κ3) is 3.78. The summed E-state index contributed by atoms with van der Waals surface area (Å²) in [4.78, 5) is 2.51. The average molecular weight is 262 g/mol. The Morgan fingerprint density at radius 3 is 2.47 bits per heavy atom. The van der Waals surface area contributed by atoms with Crippen molar-refractivity contribution in [1.82, 2.24) is 10.2 Å². The van der Waals surface area contributed by atoms with Crippen LogP contribution in [-0.2, 0) is 4.74 Å². The monoisotopic (exact) mass is 262 g/mol. The predicted molar refractivity (Wildman–Crippen MR) is 79.4 cm³/mol. The van der Waals surface area contributed by atoms with Gasteiger partial charge in [0.15, 0.2) is 0 Å². The van der Waals surface area contributed by atoms with Crippen molar-refractivity contribution in [2.45, 2.75) is 39.0 Å². The third-order valence-corrected chi connectivity index (χ3v) is 3.85. The van der Waals surface area contributed by atoms with Crippen LogP contribution in [0.1, 0.15) is 31.0 Å². The van der Waals surface area contributed by atoms with Crippen LogP contribution in [0.25, 0.3) is 0 Å². The zero-order chi connectivity index (χ0) is 13.8. The predicted octanol–water partition coefficient (Wildman–Crippen LogP) is 2.36. The third-order valence-electron chi connectivity index (χ3n) is 3.85. The van der Waals surface area contributed by atoms with E-state index in [1.165, 1.54) is 11.1 Å². The molecule has 1 N–H and O–H groups in total. The molecule has 1 aromatic carbocycles. The molecular formula is C16H26N2O. The molecule has 3 unspecified atom stereocenters. The van der Waals surface area contributed by atoms with Crippen molar-refractivity contribution in [2.75, 3.05) is 26.7 Å². The minimum Gasteiger partial charge on any atom is -0.373 e. The van der Waals surface area contributed by atoms with Gasteiger partial charge in [-0.15, -0.1) is 0 Å². The van der Waals surface area contributed by atoms with Crippen LogP contribution in [0, 0.1) is 6.92 Å². The molecule has 1 heterocycles. The van der Waals surface area contributed by atoms with Crippen molar-refractivity contribution >= 4 is 0 Å². The summed E-state index contributed by atoms with van der Waals surface area (Å²) in [5.41, 5.74) is 2.76. The van der Waals surface area contributed by atoms with Crippen LogP contribution in [0.4, 0.5) is 0 Å². The molecule has 1 fully saturated rings. The molecule has 0 bridgehead atoms. The first-order valence-electron chi connectivity index (χ1n) is 7.20. The van der Waals surface area contributed by atoms with Crippen molar-refractivity contribution in [3.63, 3.8) is 0 Å². The lowest BCUT2D eigenvalue weighted by Gasteiger charge is -2.37. The molecule has 0 radical (unpaired) electrons. The van der Waals surface area contributed by atoms with Crippen molar-refractivity contribution in [3.8, 4) is 0 Å². The zero-order valence-electron chi connectivity index (χ0n) is 12.5. The molecule has 0 aliphatic carbocycles. The molecule has 1 aromatic rings. The fraction of sp³-hybridized carbons (Fsp3) is 0.625. The van der Waals surface area contributed by atoms with E-state index in [9.17, 15) is 0 Å². The van der Waals surface area contributed by atoms with Crippen LogP contribution < -0.4 is 5.32 Å². The Morgan fingerprint density at radius 2 is 1.89 bits per heavy atom. The normalized spacial score (nSPS) is 26.3. The highest BCUT2D eigenvalue weighted by Gasteiger charge is 2.24. The Labute approximate surface area is 116 Å². The molecule has 1 saturated heterocycles. The average Bonchev–Trinajstić information content (AvgIpc) is 2.36. The fourth-order valence-electron chi connectivity index (χ4n) is 3.01. The summed E-state index contributed by atoms with van der Waals surface area (Å²) in [6, 6.07) is 9.02. The van der Waals surface area contributed by atoms with Crippen molar-refractivity contribution in [3.05, 3.63) is 35.4 Å². The number of ether oxygens (including phenoxy) is 1. The molecule has 3 nitrogen and oxygen atoms in total. The second-order valence-corrected chi connectivity index (χ2v) is 5.67. The Bertz CT molecular complexity index is 397. The maximum atomic E-state index is 5.80. The van der Waals surface area contributed by atoms with E-state index in [1.807, 2.05) is 7.05 Å². The lowest BCUT2D eigenvalue weighted by molar-refractivity contribution is -0.0698. The van der Waals surface area contributed by atoms with Gasteiger partial charge in [-0.2, -0.15) is 0 Å². The van der Waals surface area contributed by atoms with Gasteiger partial charge in [0.2, 0.25) is 0 Å². The quantitative estimate of drug-likeness (QED) is 0.901. The number of morpholine rings is 1. The van der Waals surface area contributed by atoms with E-state index in [-0.39, 0.29) is 0 Å². The molecule has 3 heteroatoms. The summed E-state index contributed by atoms with van der Waals surface area (Å²) in [6.07, 6.45) is 0.663. The van der Waals surface area contributed by atoms with Crippen LogP contribution in [0.15, 0.2) is 24.3 Å². The number of hydrogen-bond acceptors (Lipinski definition) is 3. The van der Waals surface area contributed by atoms with Crippen molar-refractivity contribution in [2.24, 2.45) is 0 Å². The Morgan fingerprint density at radius 1 is 1.26 bits per heavy atom. The first kappa shape index (κ1) is 14.5. The van der Waals surface area contributed by atoms with Gasteiger partial charge in [0, 0.05) is 25.7 Å². The summed E-state index contributed by atoms with van der Waals surface area (Å²) in [7, 11) is 2.05. The second kappa shape index (κ2) is 6.51. The van der Waals surface area contributed by atoms with E-state index in [0.717, 1.165) is 19.6 Å². The Hall–Kier alpha value is -0.900. The summed E-state index contributed by atoms with van der Waals surface area (Å²) in [6.45, 7) is 9.59. The highest BCUT2D eigenvalue weighted by atomic mass is 16.5. The minimum absolute atomic E-state index is 0.332. The number of nitrogens with one attached hydrogen (secondary N) is 1. The van der Waals surface area contributed by atoms with Gasteiger partial charge in [0.1, 0.15) is 0 Å². The summed E-state index contributed by atoms with van der Waals surface area (Å²) < 4.78 is 5.80. The van der Waals surface area contributed by atoms with E-state index in [2.05, 4.69) is 55.3 Å². The first-order chi connectivity index (χ1) is 9.10. The molecule has 2 rings (SSSR count). The molecule has 0 amide bonds. The van der Waals surface area contributed by atoms with E-state index in [4.69, 9.17) is 4.74 Å². The number of hydrogen-bond donors (Lipinski definition) is 1. The number of likely N-dealkylation sites (N-methyl/N-ethyl adjacent to an activating group) is 1. The van der Waals surface area contributed by atoms with E-state index >= 15 is 0 Å². The topological polar surface area (TPSA) is 24.5 Å². The first-order valence-corrected chi connectivity index (χ1v) is 7.20. The highest BCUT2D eigenvalue weighted by Crippen LogP contribution is 2.20. The number of nitrogens with zero attached hydrogens (tertiary/aromatic N) is 1. The zero-order valence-corrected chi connectivity index (χ0v) is 12.5. The van der Waals surface area contributed by atoms with Gasteiger partial charge >= 0.3 is 0 Å². The maximum absolute atomic E-state index is 5.80. The van der Waals surface area contributed by atoms with Crippen LogP contribution in [0.3, 0.4) is 0 Å². The summed E-state index contributed by atoms with van der Waals surface area (Å²) in [5, 5.41) is 3.45. The molecule has 0 aromatic heterocycles. The summed E-state index contributed by atoms with van der Waals surface area (Å²) in [5.74, 6) is 0. The fourth-order valence-corrected chi connectivity index (χ4v) is 3.01. The van der Waals surface area contributed by atoms with Gasteiger partial charge in [0.25, 0.3) is 0 Å². The standard InChI is InChI=1S/C16H26N2O/c1-12-7-5-6-8-15(12)16(17-4)11-18-9-13(2)19-14(3)10-18/h5-8,13-14,16-17H,9-11H2,1-4H3. The molecule has 106 valence electrons. The largest absolute Gasteiger partial charge is 0.373 e. The van der Waals surface area contributed by atoms with Crippen LogP contribution >= 0.6 is 0 Å². The molecule has 3 atom stereocenters. The van der Waals surface area contributed by atoms with Gasteiger partial charge in [-0.05, 0) is 38.9 Å². The molecule has 0 saturated carbocycles. The lowest BCUT2D eigenvalue weighted by Crippen LogP contribution is -2.48. The van der Waals surface area contributed by atoms with Gasteiger partial charge in [-0.25, -0.2) is 0 Å². The van der Waals surface area contributed by atoms with Crippen LogP contribution in [-0.4, -0.2) is 43.8 Å². The second-order valence-electron chi connectivity index (χ2n) is 5.67.